The molecule has 172 valence electrons. The second-order valence-electron chi connectivity index (χ2n) is 3.96. The highest BCUT2D eigenvalue weighted by Crippen LogP contribution is 2.47. The second-order valence-corrected chi connectivity index (χ2v) is 8.85. The zero-order chi connectivity index (χ0) is 22.7. The predicted molar refractivity (Wildman–Crippen MR) is 88.7 cm³/mol. The van der Waals surface area contributed by atoms with Crippen molar-refractivity contribution >= 4 is 37.8 Å². The summed E-state index contributed by atoms with van der Waals surface area (Å²) in [5.74, 6) is -2.13. The van der Waals surface area contributed by atoms with Gasteiger partial charge in [0.15, 0.2) is 0 Å². The average Bonchev–Trinajstić information content (AvgIpc) is 2.54. The van der Waals surface area contributed by atoms with Crippen molar-refractivity contribution < 1.29 is 63.2 Å². The molecule has 0 amide bonds. The van der Waals surface area contributed by atoms with Crippen molar-refractivity contribution in [1.82, 2.24) is 0 Å². The number of hydrogen-bond acceptors (Lipinski definition) is 8. The lowest BCUT2D eigenvalue weighted by atomic mass is 10.4. The molecular formula is C11H21ClF6O8P2. The Balaban J connectivity index is -0.000000165. The van der Waals surface area contributed by atoms with E-state index in [9.17, 15) is 40.3 Å². The number of Topliss-reactive ketones (excluding diaryl/α,β-unsaturated/α-hetero) is 1. The van der Waals surface area contributed by atoms with Gasteiger partial charge in [-0.2, -0.15) is 26.3 Å². The largest absolute Gasteiger partial charge is 0.466 e. The van der Waals surface area contributed by atoms with E-state index >= 15 is 0 Å². The minimum absolute atomic E-state index is 0. The van der Waals surface area contributed by atoms with Crippen molar-refractivity contribution in [2.24, 2.45) is 0 Å². The van der Waals surface area contributed by atoms with Crippen LogP contribution in [0, 0.1) is 0 Å². The normalized spacial score (nSPS) is 11.9. The zero-order valence-electron chi connectivity index (χ0n) is 14.5. The van der Waals surface area contributed by atoms with Gasteiger partial charge in [0.1, 0.15) is 6.16 Å². The summed E-state index contributed by atoms with van der Waals surface area (Å²) in [6, 6.07) is 0. The Morgan fingerprint density at radius 3 is 1.21 bits per heavy atom. The highest BCUT2D eigenvalue weighted by Gasteiger charge is 2.43. The second kappa shape index (κ2) is 14.5. The fourth-order valence-corrected chi connectivity index (χ4v) is 1.63. The van der Waals surface area contributed by atoms with E-state index in [1.165, 1.54) is 20.9 Å². The molecular weight excluding hydrogens is 472 g/mol. The van der Waals surface area contributed by atoms with Crippen LogP contribution in [0.1, 0.15) is 7.43 Å². The fraction of sp³-hybridized carbons (Fsp3) is 0.818. The van der Waals surface area contributed by atoms with Crippen LogP contribution in [0.5, 0.6) is 0 Å². The Morgan fingerprint density at radius 2 is 1.11 bits per heavy atom. The number of ketones is 1. The van der Waals surface area contributed by atoms with Crippen LogP contribution in [0.4, 0.5) is 26.3 Å². The van der Waals surface area contributed by atoms with E-state index in [4.69, 9.17) is 4.79 Å². The molecule has 0 unspecified atom stereocenters. The molecule has 0 radical (unpaired) electrons. The van der Waals surface area contributed by atoms with Gasteiger partial charge >= 0.3 is 32.8 Å². The number of rotatable bonds is 6. The summed E-state index contributed by atoms with van der Waals surface area (Å²) in [5, 5.41) is -2.28. The van der Waals surface area contributed by atoms with Gasteiger partial charge in [0.2, 0.25) is 5.78 Å². The van der Waals surface area contributed by atoms with Gasteiger partial charge in [-0.25, -0.2) is 0 Å². The number of hydrogen-bond donors (Lipinski definition) is 0. The monoisotopic (exact) mass is 492 g/mol. The molecule has 0 bridgehead atoms. The van der Waals surface area contributed by atoms with Crippen LogP contribution in [0.2, 0.25) is 0 Å². The lowest BCUT2D eigenvalue weighted by molar-refractivity contribution is -0.168. The summed E-state index contributed by atoms with van der Waals surface area (Å²) in [7, 11) is -2.03. The van der Waals surface area contributed by atoms with Crippen LogP contribution in [0.15, 0.2) is 0 Å². The molecule has 0 atom stereocenters. The first-order valence-corrected chi connectivity index (χ1v) is 10.2. The molecule has 0 aromatic carbocycles. The van der Waals surface area contributed by atoms with E-state index < -0.39 is 44.7 Å². The molecule has 0 spiro atoms. The Morgan fingerprint density at radius 1 is 0.821 bits per heavy atom. The maximum Gasteiger partial charge on any atom is 0.466 e. The molecule has 0 rings (SSSR count). The van der Waals surface area contributed by atoms with Crippen molar-refractivity contribution in [2.75, 3.05) is 41.3 Å². The van der Waals surface area contributed by atoms with Crippen LogP contribution in [-0.4, -0.2) is 64.6 Å². The van der Waals surface area contributed by atoms with E-state index in [1.807, 2.05) is 0 Å². The highest BCUT2D eigenvalue weighted by atomic mass is 35.5. The third-order valence-electron chi connectivity index (χ3n) is 2.10. The van der Waals surface area contributed by atoms with E-state index in [2.05, 4.69) is 29.7 Å². The molecule has 17 heteroatoms. The summed E-state index contributed by atoms with van der Waals surface area (Å²) < 4.78 is 106. The van der Waals surface area contributed by atoms with Gasteiger partial charge in [-0.15, -0.1) is 0 Å². The third kappa shape index (κ3) is 18.9. The number of halogens is 7. The number of carbonyl (C=O) groups is 2. The number of alkyl halides is 6. The molecule has 28 heavy (non-hydrogen) atoms. The summed E-state index contributed by atoms with van der Waals surface area (Å²) in [4.78, 5) is 19.4. The van der Waals surface area contributed by atoms with E-state index in [0.717, 1.165) is 14.2 Å². The predicted octanol–water partition coefficient (Wildman–Crippen LogP) is 4.66. The van der Waals surface area contributed by atoms with Crippen molar-refractivity contribution in [2.45, 2.75) is 19.8 Å². The quantitative estimate of drug-likeness (QED) is 0.300. The molecule has 0 fully saturated rings. The molecule has 0 saturated carbocycles. The highest BCUT2D eigenvalue weighted by molar-refractivity contribution is 7.54. The van der Waals surface area contributed by atoms with Crippen LogP contribution in [0.3, 0.4) is 0 Å². The molecule has 0 aliphatic carbocycles. The van der Waals surface area contributed by atoms with Crippen LogP contribution in [-0.2, 0) is 36.8 Å². The van der Waals surface area contributed by atoms with Gasteiger partial charge in [-0.3, -0.25) is 18.7 Å². The Labute approximate surface area is 162 Å². The first kappa shape index (κ1) is 35.0. The van der Waals surface area contributed by atoms with E-state index in [0.29, 0.717) is 0 Å². The van der Waals surface area contributed by atoms with Gasteiger partial charge in [-0.05, 0) is 11.6 Å². The fourth-order valence-electron chi connectivity index (χ4n) is 0.544. The molecule has 0 aromatic heterocycles. The molecule has 0 N–H and O–H groups in total. The SMILES string of the molecule is C.COP(=O)(CC(=O)C(F)(F)F)OC.COP(C)(=O)OC.O=C(Cl)C(F)(F)F. The van der Waals surface area contributed by atoms with Gasteiger partial charge in [0.25, 0.3) is 0 Å². The van der Waals surface area contributed by atoms with Gasteiger partial charge in [-0.1, -0.05) is 7.43 Å². The first-order valence-electron chi connectivity index (χ1n) is 6.08. The molecule has 8 nitrogen and oxygen atoms in total. The lowest BCUT2D eigenvalue weighted by Gasteiger charge is -2.13. The van der Waals surface area contributed by atoms with Crippen LogP contribution in [0.25, 0.3) is 0 Å². The number of carbonyl (C=O) groups excluding carboxylic acids is 2. The third-order valence-corrected chi connectivity index (χ3v) is 5.42. The van der Waals surface area contributed by atoms with Crippen molar-refractivity contribution in [3.05, 3.63) is 0 Å². The van der Waals surface area contributed by atoms with Gasteiger partial charge in [0.05, 0.1) is 0 Å². The Kier molecular flexibility index (Phi) is 18.1. The molecule has 0 aliphatic rings. The molecule has 0 saturated heterocycles. The minimum atomic E-state index is -5.01. The lowest BCUT2D eigenvalue weighted by Crippen LogP contribution is -2.26. The summed E-state index contributed by atoms with van der Waals surface area (Å²) >= 11 is 3.99. The topological polar surface area (TPSA) is 105 Å². The maximum atomic E-state index is 11.7. The molecule has 0 aliphatic heterocycles. The van der Waals surface area contributed by atoms with E-state index in [-0.39, 0.29) is 7.43 Å². The summed E-state index contributed by atoms with van der Waals surface area (Å²) in [6.45, 7) is 1.41. The standard InChI is InChI=1S/C5H8F3O4P.C3H9O3P.C2ClF3O.CH4/c1-11-13(10,12-2)3-4(9)5(6,7)8;1-5-7(3,4)6-2;3-1(7)2(4,5)6;/h3H2,1-2H3;1-3H3;;1H4. The van der Waals surface area contributed by atoms with Gasteiger partial charge < -0.3 is 18.1 Å². The van der Waals surface area contributed by atoms with Crippen LogP contribution < -0.4 is 0 Å². The van der Waals surface area contributed by atoms with Crippen molar-refractivity contribution in [1.29, 1.82) is 0 Å². The van der Waals surface area contributed by atoms with Gasteiger partial charge in [0, 0.05) is 35.1 Å². The Hall–Kier alpha value is -0.490. The molecule has 0 aromatic rings. The van der Waals surface area contributed by atoms with E-state index in [1.54, 1.807) is 0 Å². The van der Waals surface area contributed by atoms with Crippen LogP contribution >= 0.6 is 26.8 Å². The maximum absolute atomic E-state index is 11.7. The summed E-state index contributed by atoms with van der Waals surface area (Å²) in [6.07, 6.45) is -11.2. The average molecular weight is 493 g/mol. The Bertz CT molecular complexity index is 550. The smallest absolute Gasteiger partial charge is 0.312 e. The van der Waals surface area contributed by atoms with Crippen molar-refractivity contribution in [3.8, 4) is 0 Å². The van der Waals surface area contributed by atoms with Crippen molar-refractivity contribution in [3.63, 3.8) is 0 Å². The minimum Gasteiger partial charge on any atom is -0.312 e. The summed E-state index contributed by atoms with van der Waals surface area (Å²) in [5.41, 5.74) is 0. The molecule has 0 heterocycles. The zero-order valence-corrected chi connectivity index (χ0v) is 17.1. The first-order chi connectivity index (χ1) is 11.8.